The molecule has 0 aromatic rings. The van der Waals surface area contributed by atoms with Crippen LogP contribution in [-0.4, -0.2) is 44.1 Å². The van der Waals surface area contributed by atoms with Crippen LogP contribution in [0.4, 0.5) is 0 Å². The van der Waals surface area contributed by atoms with Crippen LogP contribution in [0.1, 0.15) is 97.8 Å². The molecule has 0 aliphatic heterocycles. The number of hydrogen-bond donors (Lipinski definition) is 4. The first-order valence-corrected chi connectivity index (χ1v) is 17.4. The fraction of sp³-hybridized carbons (Fsp3) is 0.774. The van der Waals surface area contributed by atoms with E-state index in [9.17, 15) is 19.9 Å². The molecule has 0 saturated heterocycles. The van der Waals surface area contributed by atoms with E-state index in [2.05, 4.69) is 28.0 Å². The Hall–Kier alpha value is -1.10. The van der Waals surface area contributed by atoms with Crippen LogP contribution < -0.4 is 31.8 Å². The molecule has 0 aromatic carbocycles. The van der Waals surface area contributed by atoms with E-state index in [1.54, 1.807) is 6.08 Å². The average molecular weight is 655 g/mol. The van der Waals surface area contributed by atoms with E-state index in [4.69, 9.17) is 0 Å². The summed E-state index contributed by atoms with van der Waals surface area (Å²) in [5, 5.41) is 32.4. The number of hydrogen-bond acceptors (Lipinski definition) is 6. The summed E-state index contributed by atoms with van der Waals surface area (Å²) in [6.07, 6.45) is 18.8. The molecule has 4 aliphatic carbocycles. The van der Waals surface area contributed by atoms with Gasteiger partial charge in [0.15, 0.2) is 0 Å². The van der Waals surface area contributed by atoms with Gasteiger partial charge in [0.1, 0.15) is 0 Å². The van der Waals surface area contributed by atoms with E-state index in [1.807, 2.05) is 26.8 Å². The quantitative estimate of drug-likeness (QED) is 0.0722. The number of amides is 1. The van der Waals surface area contributed by atoms with Crippen molar-refractivity contribution in [3.63, 3.8) is 0 Å². The number of alkyl halides is 1. The molecule has 4 rings (SSSR count). The number of carbonyl (C=O) groups excluding carboxylic acids is 1. The van der Waals surface area contributed by atoms with E-state index in [0.29, 0.717) is 19.3 Å². The van der Waals surface area contributed by atoms with Gasteiger partial charge in [0.2, 0.25) is 0 Å². The molecule has 1 fully saturated rings. The monoisotopic (exact) mass is 654 g/mol. The van der Waals surface area contributed by atoms with Crippen molar-refractivity contribution in [2.45, 2.75) is 126 Å². The van der Waals surface area contributed by atoms with E-state index in [1.165, 1.54) is 29.3 Å². The molecule has 8 atom stereocenters. The Balaban J connectivity index is 1.47. The zero-order valence-electron chi connectivity index (χ0n) is 23.9. The van der Waals surface area contributed by atoms with Crippen molar-refractivity contribution >= 4 is 5.91 Å². The molecular weight excluding hydrogens is 605 g/mol. The fourth-order valence-electron chi connectivity index (χ4n) is 6.77. The summed E-state index contributed by atoms with van der Waals surface area (Å²) in [7, 11) is 0. The van der Waals surface area contributed by atoms with Gasteiger partial charge in [-0.25, -0.2) is 0 Å². The number of allylic oxidation sites excluding steroid dienone is 4. The maximum atomic E-state index is 13.4. The number of nitroso groups, excluding NO2 is 1. The molecule has 8 heteroatoms. The fourth-order valence-corrected chi connectivity index (χ4v) is 10.1. The topological polar surface area (TPSA) is 111 Å². The van der Waals surface area contributed by atoms with E-state index in [0.717, 1.165) is 49.5 Å². The molecular formula is C31H49IN3O4-. The van der Waals surface area contributed by atoms with Crippen LogP contribution in [0.2, 0.25) is 0 Å². The van der Waals surface area contributed by atoms with Gasteiger partial charge in [0, 0.05) is 0 Å². The minimum atomic E-state index is -0.709. The molecule has 1 saturated carbocycles. The van der Waals surface area contributed by atoms with Crippen molar-refractivity contribution in [2.24, 2.45) is 28.8 Å². The van der Waals surface area contributed by atoms with Gasteiger partial charge in [-0.15, -0.1) is 0 Å². The number of halogens is 1. The van der Waals surface area contributed by atoms with E-state index in [-0.39, 0.29) is 27.3 Å². The first kappa shape index (κ1) is 30.8. The van der Waals surface area contributed by atoms with E-state index >= 15 is 0 Å². The van der Waals surface area contributed by atoms with Gasteiger partial charge in [-0.1, -0.05) is 0 Å². The second-order valence-electron chi connectivity index (χ2n) is 13.1. The first-order valence-electron chi connectivity index (χ1n) is 15.1. The minimum absolute atomic E-state index is 0.0398. The third-order valence-corrected chi connectivity index (χ3v) is 12.4. The number of fused-ring (bicyclic) bond motifs is 1. The molecule has 0 spiro atoms. The van der Waals surface area contributed by atoms with Gasteiger partial charge >= 0.3 is 246 Å². The van der Waals surface area contributed by atoms with Crippen LogP contribution in [0.3, 0.4) is 0 Å². The molecule has 6 unspecified atom stereocenters. The van der Waals surface area contributed by atoms with Gasteiger partial charge in [0.05, 0.1) is 0 Å². The zero-order chi connectivity index (χ0) is 28.0. The Morgan fingerprint density at radius 2 is 1.87 bits per heavy atom. The maximum absolute atomic E-state index is 13.4. The molecule has 4 N–H and O–H groups in total. The predicted octanol–water partition coefficient (Wildman–Crippen LogP) is 2.29. The van der Waals surface area contributed by atoms with Crippen molar-refractivity contribution in [2.75, 3.05) is 0 Å². The molecule has 7 nitrogen and oxygen atoms in total. The molecule has 0 radical (unpaired) electrons. The summed E-state index contributed by atoms with van der Waals surface area (Å²) in [6, 6.07) is -0.457. The Labute approximate surface area is 245 Å². The molecule has 1 amide bonds. The van der Waals surface area contributed by atoms with Crippen LogP contribution in [0.5, 0.6) is 0 Å². The molecule has 0 heterocycles. The van der Waals surface area contributed by atoms with Gasteiger partial charge in [0.25, 0.3) is 0 Å². The van der Waals surface area contributed by atoms with Crippen LogP contribution in [0.15, 0.2) is 38.6 Å². The van der Waals surface area contributed by atoms with E-state index < -0.39 is 39.6 Å². The van der Waals surface area contributed by atoms with Crippen LogP contribution in [0, 0.1) is 28.6 Å². The number of nitrogens with zero attached hydrogens (tertiary/aromatic N) is 1. The van der Waals surface area contributed by atoms with Gasteiger partial charge < -0.3 is 0 Å². The molecule has 0 aromatic heterocycles. The Morgan fingerprint density at radius 1 is 1.10 bits per heavy atom. The van der Waals surface area contributed by atoms with Gasteiger partial charge in [-0.3, -0.25) is 0 Å². The van der Waals surface area contributed by atoms with Gasteiger partial charge in [-0.2, -0.15) is 0 Å². The second-order valence-corrected chi connectivity index (χ2v) is 16.5. The van der Waals surface area contributed by atoms with Crippen LogP contribution in [0.25, 0.3) is 0 Å². The summed E-state index contributed by atoms with van der Waals surface area (Å²) in [5.41, 5.74) is 0.882. The van der Waals surface area contributed by atoms with Crippen molar-refractivity contribution < 1.29 is 36.2 Å². The number of aliphatic hydroxyl groups excluding tert-OH is 2. The first-order chi connectivity index (χ1) is 18.6. The number of rotatable bonds is 10. The number of aliphatic hydroxyl groups is 2. The molecule has 0 bridgehead atoms. The molecule has 4 aliphatic rings. The molecule has 39 heavy (non-hydrogen) atoms. The Morgan fingerprint density at radius 3 is 2.62 bits per heavy atom. The standard InChI is InChI=1S/C31H49IN3O4/c1-31(2,3)34-30(38)26-14-7-6-11-22(26)19-27(36)28(33-29(37)23-12-8-13-25(18-23)35-39)32-24-16-15-20-9-4-5-10-21(20)17-24/h8,11,13,16,20-21,23,25-28,30,34,36,38H,4-7,9-10,12,14-15,17-19H2,1-3H3,(H,33,37)/q-1/t20?,21?,23?,25?,26?,27-,28-,30?/m1/s1. The number of nitrogens with one attached hydrogen (secondary N) is 2. The normalized spacial score (nSPS) is 31.9. The van der Waals surface area contributed by atoms with Crippen LogP contribution >= 0.6 is 0 Å². The van der Waals surface area contributed by atoms with Crippen molar-refractivity contribution in [3.05, 3.63) is 38.4 Å². The summed E-state index contributed by atoms with van der Waals surface area (Å²) in [5.74, 6) is 1.14. The average Bonchev–Trinajstić information content (AvgIpc) is 2.92. The third-order valence-electron chi connectivity index (χ3n) is 8.86. The molecule has 220 valence electrons. The summed E-state index contributed by atoms with van der Waals surface area (Å²) < 4.78 is 1.16. The Kier molecular flexibility index (Phi) is 11.2. The van der Waals surface area contributed by atoms with Crippen molar-refractivity contribution in [1.82, 2.24) is 10.6 Å². The predicted molar refractivity (Wildman–Crippen MR) is 151 cm³/mol. The summed E-state index contributed by atoms with van der Waals surface area (Å²) in [4.78, 5) is 24.5. The van der Waals surface area contributed by atoms with Gasteiger partial charge in [-0.05, 0) is 0 Å². The summed E-state index contributed by atoms with van der Waals surface area (Å²) in [6.45, 7) is 6.15. The van der Waals surface area contributed by atoms with Crippen molar-refractivity contribution in [3.8, 4) is 0 Å². The zero-order valence-corrected chi connectivity index (χ0v) is 26.1. The third kappa shape index (κ3) is 8.94. The number of carbonyl (C=O) groups is 1. The van der Waals surface area contributed by atoms with Crippen LogP contribution in [-0.2, 0) is 4.79 Å². The SMILES string of the molecule is CC(C)(C)NC(O)C1CCCC=C1C[C@@H](O)[C@@H](NC(=O)C1CC=CC(N=O)C1)[I-]C1=CCC2CCCCC2C1. The Bertz CT molecular complexity index is 943. The second kappa shape index (κ2) is 14.2. The summed E-state index contributed by atoms with van der Waals surface area (Å²) >= 11 is -0.619. The van der Waals surface area contributed by atoms with Crippen molar-refractivity contribution in [1.29, 1.82) is 0 Å².